The Balaban J connectivity index is 2.17. The van der Waals surface area contributed by atoms with Gasteiger partial charge in [0.15, 0.2) is 0 Å². The van der Waals surface area contributed by atoms with Crippen LogP contribution in [0.1, 0.15) is 36.5 Å². The molecule has 130 valence electrons. The summed E-state index contributed by atoms with van der Waals surface area (Å²) in [6.45, 7) is 3.07. The van der Waals surface area contributed by atoms with Gasteiger partial charge >= 0.3 is 6.18 Å². The summed E-state index contributed by atoms with van der Waals surface area (Å²) in [6.07, 6.45) is -3.24. The zero-order valence-corrected chi connectivity index (χ0v) is 13.1. The number of alkyl halides is 3. The van der Waals surface area contributed by atoms with E-state index in [0.717, 1.165) is 6.07 Å². The lowest BCUT2D eigenvalue weighted by molar-refractivity contribution is -0.273. The molecule has 0 saturated heterocycles. The highest BCUT2D eigenvalue weighted by Crippen LogP contribution is 2.42. The average molecular weight is 342 g/mol. The molecule has 8 heteroatoms. The average Bonchev–Trinajstić information content (AvgIpc) is 2.93. The van der Waals surface area contributed by atoms with E-state index in [1.807, 2.05) is 0 Å². The number of hydrogen-bond donors (Lipinski definition) is 2. The molecule has 0 aliphatic carbocycles. The normalized spacial score (nSPS) is 15.6. The minimum absolute atomic E-state index is 0.207. The third kappa shape index (κ3) is 3.76. The quantitative estimate of drug-likeness (QED) is 0.876. The Kier molecular flexibility index (Phi) is 4.98. The van der Waals surface area contributed by atoms with E-state index in [9.17, 15) is 23.1 Å². The number of aromatic nitrogens is 1. The monoisotopic (exact) mass is 342 g/mol. The number of amides is 1. The maximum atomic E-state index is 13.3. The van der Waals surface area contributed by atoms with Crippen LogP contribution in [-0.4, -0.2) is 22.2 Å². The number of nitrogens with zero attached hydrogens (tertiary/aromatic N) is 1. The van der Waals surface area contributed by atoms with Gasteiger partial charge in [-0.1, -0.05) is 0 Å². The van der Waals surface area contributed by atoms with Crippen LogP contribution in [-0.2, 0) is 10.4 Å². The highest BCUT2D eigenvalue weighted by atomic mass is 19.4. The smallest absolute Gasteiger partial charge is 0.425 e. The number of furan rings is 1. The van der Waals surface area contributed by atoms with Crippen molar-refractivity contribution in [2.45, 2.75) is 38.1 Å². The van der Waals surface area contributed by atoms with Crippen LogP contribution in [0.4, 0.5) is 13.2 Å². The first-order valence-corrected chi connectivity index (χ1v) is 7.19. The number of halogens is 3. The third-order valence-corrected chi connectivity index (χ3v) is 3.62. The summed E-state index contributed by atoms with van der Waals surface area (Å²) in [5.41, 5.74) is -2.70. The Labute approximate surface area is 136 Å². The first kappa shape index (κ1) is 18.0. The molecule has 0 aromatic carbocycles. The Hall–Kier alpha value is -2.35. The predicted molar refractivity (Wildman–Crippen MR) is 78.8 cm³/mol. The maximum absolute atomic E-state index is 13.3. The van der Waals surface area contributed by atoms with Crippen molar-refractivity contribution in [3.8, 4) is 0 Å². The second kappa shape index (κ2) is 6.64. The van der Waals surface area contributed by atoms with Gasteiger partial charge in [0.05, 0.1) is 12.5 Å². The van der Waals surface area contributed by atoms with Crippen molar-refractivity contribution >= 4 is 5.91 Å². The number of nitrogens with one attached hydrogen (secondary N) is 1. The molecule has 2 heterocycles. The summed E-state index contributed by atoms with van der Waals surface area (Å²) < 4.78 is 44.9. The minimum Gasteiger partial charge on any atom is -0.463 e. The molecule has 0 aliphatic heterocycles. The third-order valence-electron chi connectivity index (χ3n) is 3.62. The molecule has 2 aromatic rings. The Morgan fingerprint density at radius 1 is 1.29 bits per heavy atom. The van der Waals surface area contributed by atoms with Gasteiger partial charge in [0.1, 0.15) is 11.5 Å². The van der Waals surface area contributed by atoms with Crippen molar-refractivity contribution in [2.75, 3.05) is 0 Å². The molecule has 2 aromatic heterocycles. The Bertz CT molecular complexity index is 700. The molecule has 24 heavy (non-hydrogen) atoms. The molecule has 0 saturated carbocycles. The highest BCUT2D eigenvalue weighted by molar-refractivity contribution is 5.77. The van der Waals surface area contributed by atoms with Crippen LogP contribution in [0.2, 0.25) is 0 Å². The summed E-state index contributed by atoms with van der Waals surface area (Å²) in [7, 11) is 0. The van der Waals surface area contributed by atoms with Gasteiger partial charge < -0.3 is 14.8 Å². The molecule has 0 spiro atoms. The minimum atomic E-state index is -5.06. The zero-order chi connectivity index (χ0) is 18.0. The van der Waals surface area contributed by atoms with Gasteiger partial charge in [-0.05, 0) is 43.7 Å². The van der Waals surface area contributed by atoms with Crippen LogP contribution in [0, 0.1) is 6.92 Å². The van der Waals surface area contributed by atoms with E-state index in [4.69, 9.17) is 4.42 Å². The summed E-state index contributed by atoms with van der Waals surface area (Å²) >= 11 is 0. The largest absolute Gasteiger partial charge is 0.463 e. The lowest BCUT2D eigenvalue weighted by Gasteiger charge is -2.28. The van der Waals surface area contributed by atoms with Crippen LogP contribution >= 0.6 is 0 Å². The van der Waals surface area contributed by atoms with Crippen molar-refractivity contribution in [2.24, 2.45) is 0 Å². The Morgan fingerprint density at radius 3 is 2.42 bits per heavy atom. The van der Waals surface area contributed by atoms with Crippen molar-refractivity contribution in [3.05, 3.63) is 53.7 Å². The van der Waals surface area contributed by atoms with Crippen molar-refractivity contribution < 1.29 is 27.5 Å². The van der Waals surface area contributed by atoms with Gasteiger partial charge in [0, 0.05) is 12.4 Å². The van der Waals surface area contributed by atoms with Gasteiger partial charge in [-0.2, -0.15) is 13.2 Å². The maximum Gasteiger partial charge on any atom is 0.425 e. The standard InChI is InChI=1S/C16H17F3N2O3/c1-10-3-4-13(24-10)15(23,16(17,18)19)9-14(22)21-11(2)12-5-7-20-8-6-12/h3-8,11,23H,9H2,1-2H3,(H,21,22). The number of carbonyl (C=O) groups is 1. The predicted octanol–water partition coefficient (Wildman–Crippen LogP) is 3.00. The molecule has 1 amide bonds. The zero-order valence-electron chi connectivity index (χ0n) is 13.1. The van der Waals surface area contributed by atoms with Gasteiger partial charge in [-0.25, -0.2) is 0 Å². The molecule has 0 bridgehead atoms. The number of carbonyl (C=O) groups excluding carboxylic acids is 1. The van der Waals surface area contributed by atoms with Crippen LogP contribution in [0.25, 0.3) is 0 Å². The molecule has 2 rings (SSSR count). The number of hydrogen-bond acceptors (Lipinski definition) is 4. The molecule has 2 atom stereocenters. The van der Waals surface area contributed by atoms with E-state index >= 15 is 0 Å². The number of rotatable bonds is 5. The number of aliphatic hydroxyl groups is 1. The van der Waals surface area contributed by atoms with Gasteiger partial charge in [-0.3, -0.25) is 9.78 Å². The topological polar surface area (TPSA) is 75.4 Å². The SMILES string of the molecule is Cc1ccc(C(O)(CC(=O)NC(C)c2ccncc2)C(F)(F)F)o1. The summed E-state index contributed by atoms with van der Waals surface area (Å²) in [4.78, 5) is 15.9. The summed E-state index contributed by atoms with van der Waals surface area (Å²) in [5.74, 6) is -1.45. The van der Waals surface area contributed by atoms with Crippen molar-refractivity contribution in [3.63, 3.8) is 0 Å². The molecular formula is C16H17F3N2O3. The van der Waals surface area contributed by atoms with Gasteiger partial charge in [0.25, 0.3) is 0 Å². The number of pyridine rings is 1. The van der Waals surface area contributed by atoms with E-state index in [-0.39, 0.29) is 5.76 Å². The van der Waals surface area contributed by atoms with Crippen molar-refractivity contribution in [1.82, 2.24) is 10.3 Å². The fraction of sp³-hybridized carbons (Fsp3) is 0.375. The molecule has 5 nitrogen and oxygen atoms in total. The molecule has 2 N–H and O–H groups in total. The highest BCUT2D eigenvalue weighted by Gasteiger charge is 2.58. The van der Waals surface area contributed by atoms with E-state index in [2.05, 4.69) is 10.3 Å². The second-order valence-corrected chi connectivity index (χ2v) is 5.51. The molecule has 0 fully saturated rings. The van der Waals surface area contributed by atoms with E-state index < -0.39 is 35.9 Å². The first-order chi connectivity index (χ1) is 11.1. The van der Waals surface area contributed by atoms with Gasteiger partial charge in [-0.15, -0.1) is 0 Å². The molecular weight excluding hydrogens is 325 g/mol. The van der Waals surface area contributed by atoms with Crippen LogP contribution in [0.3, 0.4) is 0 Å². The van der Waals surface area contributed by atoms with Crippen LogP contribution < -0.4 is 5.32 Å². The van der Waals surface area contributed by atoms with E-state index in [1.54, 1.807) is 19.1 Å². The van der Waals surface area contributed by atoms with Crippen LogP contribution in [0.5, 0.6) is 0 Å². The van der Waals surface area contributed by atoms with E-state index in [1.165, 1.54) is 25.4 Å². The second-order valence-electron chi connectivity index (χ2n) is 5.51. The molecule has 2 unspecified atom stereocenters. The molecule has 0 radical (unpaired) electrons. The number of aryl methyl sites for hydroxylation is 1. The Morgan fingerprint density at radius 2 is 1.92 bits per heavy atom. The lowest BCUT2D eigenvalue weighted by Crippen LogP contribution is -2.46. The van der Waals surface area contributed by atoms with Crippen LogP contribution in [0.15, 0.2) is 41.1 Å². The first-order valence-electron chi connectivity index (χ1n) is 7.19. The van der Waals surface area contributed by atoms with Crippen molar-refractivity contribution in [1.29, 1.82) is 0 Å². The fourth-order valence-electron chi connectivity index (χ4n) is 2.24. The molecule has 0 aliphatic rings. The van der Waals surface area contributed by atoms with E-state index in [0.29, 0.717) is 5.56 Å². The fourth-order valence-corrected chi connectivity index (χ4v) is 2.24. The van der Waals surface area contributed by atoms with Gasteiger partial charge in [0.2, 0.25) is 11.5 Å². The summed E-state index contributed by atoms with van der Waals surface area (Å²) in [6, 6.07) is 5.05. The lowest BCUT2D eigenvalue weighted by atomic mass is 9.95. The summed E-state index contributed by atoms with van der Waals surface area (Å²) in [5, 5.41) is 12.5.